The van der Waals surface area contributed by atoms with E-state index >= 15 is 0 Å². The third kappa shape index (κ3) is 2.45. The first-order valence-electron chi connectivity index (χ1n) is 7.49. The minimum atomic E-state index is 0.897. The summed E-state index contributed by atoms with van der Waals surface area (Å²) in [5.74, 6) is 1.80. The van der Waals surface area contributed by atoms with Crippen LogP contribution in [0.15, 0.2) is 30.5 Å². The van der Waals surface area contributed by atoms with Crippen LogP contribution in [0.4, 0.5) is 5.69 Å². The second-order valence-electron chi connectivity index (χ2n) is 5.55. The largest absolute Gasteiger partial charge is 0.497 e. The van der Waals surface area contributed by atoms with Crippen molar-refractivity contribution in [3.8, 4) is 5.75 Å². The summed E-state index contributed by atoms with van der Waals surface area (Å²) in [6, 6.07) is 8.25. The molecule has 0 aliphatic carbocycles. The third-order valence-electron chi connectivity index (χ3n) is 4.46. The van der Waals surface area contributed by atoms with E-state index in [2.05, 4.69) is 28.9 Å². The van der Waals surface area contributed by atoms with Gasteiger partial charge in [-0.25, -0.2) is 0 Å². The maximum absolute atomic E-state index is 5.35. The van der Waals surface area contributed by atoms with E-state index in [0.717, 1.165) is 30.3 Å². The van der Waals surface area contributed by atoms with Crippen LogP contribution in [0.25, 0.3) is 10.9 Å². The van der Waals surface area contributed by atoms with E-state index in [9.17, 15) is 0 Å². The van der Waals surface area contributed by atoms with Gasteiger partial charge in [-0.05, 0) is 43.0 Å². The van der Waals surface area contributed by atoms with Crippen molar-refractivity contribution >= 4 is 16.6 Å². The molecule has 1 aliphatic rings. The van der Waals surface area contributed by atoms with Gasteiger partial charge in [-0.15, -0.1) is 0 Å². The van der Waals surface area contributed by atoms with Gasteiger partial charge in [0.05, 0.1) is 12.6 Å². The normalized spacial score (nSPS) is 16.6. The molecule has 1 aromatic carbocycles. The number of piperidine rings is 1. The Bertz CT molecular complexity index is 589. The van der Waals surface area contributed by atoms with Gasteiger partial charge in [-0.3, -0.25) is 4.98 Å². The molecule has 1 aliphatic heterocycles. The fourth-order valence-corrected chi connectivity index (χ4v) is 3.10. The van der Waals surface area contributed by atoms with E-state index < -0.39 is 0 Å². The number of methoxy groups -OCH3 is 1. The van der Waals surface area contributed by atoms with Gasteiger partial charge >= 0.3 is 0 Å². The molecule has 3 nitrogen and oxygen atoms in total. The topological polar surface area (TPSA) is 25.4 Å². The number of hydrogen-bond donors (Lipinski definition) is 0. The van der Waals surface area contributed by atoms with E-state index in [1.54, 1.807) is 7.11 Å². The summed E-state index contributed by atoms with van der Waals surface area (Å²) in [6.07, 6.45) is 5.81. The molecule has 2 heterocycles. The standard InChI is InChI=1S/C17H22N2O/c1-3-13-7-10-19(11-8-13)17-6-9-18-16-5-4-14(20-2)12-15(16)17/h4-6,9,12-13H,3,7-8,10-11H2,1-2H3. The Balaban J connectivity index is 1.94. The monoisotopic (exact) mass is 270 g/mol. The van der Waals surface area contributed by atoms with Crippen LogP contribution in [0.2, 0.25) is 0 Å². The van der Waals surface area contributed by atoms with Crippen molar-refractivity contribution in [3.63, 3.8) is 0 Å². The van der Waals surface area contributed by atoms with E-state index in [1.165, 1.54) is 30.3 Å². The lowest BCUT2D eigenvalue weighted by atomic mass is 9.94. The average Bonchev–Trinajstić information content (AvgIpc) is 2.54. The highest BCUT2D eigenvalue weighted by Gasteiger charge is 2.19. The predicted molar refractivity (Wildman–Crippen MR) is 83.5 cm³/mol. The van der Waals surface area contributed by atoms with Crippen LogP contribution in [0.1, 0.15) is 26.2 Å². The lowest BCUT2D eigenvalue weighted by Gasteiger charge is -2.33. The zero-order valence-electron chi connectivity index (χ0n) is 12.3. The van der Waals surface area contributed by atoms with E-state index in [4.69, 9.17) is 4.74 Å². The van der Waals surface area contributed by atoms with Gasteiger partial charge in [0.1, 0.15) is 5.75 Å². The number of aromatic nitrogens is 1. The zero-order chi connectivity index (χ0) is 13.9. The number of anilines is 1. The fourth-order valence-electron chi connectivity index (χ4n) is 3.10. The minimum absolute atomic E-state index is 0.897. The van der Waals surface area contributed by atoms with Crippen LogP contribution >= 0.6 is 0 Å². The number of nitrogens with zero attached hydrogens (tertiary/aromatic N) is 2. The van der Waals surface area contributed by atoms with Crippen LogP contribution < -0.4 is 9.64 Å². The van der Waals surface area contributed by atoms with Crippen molar-refractivity contribution in [2.24, 2.45) is 5.92 Å². The summed E-state index contributed by atoms with van der Waals surface area (Å²) in [6.45, 7) is 4.59. The third-order valence-corrected chi connectivity index (χ3v) is 4.46. The van der Waals surface area contributed by atoms with Crippen LogP contribution in [-0.2, 0) is 0 Å². The zero-order valence-corrected chi connectivity index (χ0v) is 12.3. The maximum atomic E-state index is 5.35. The van der Waals surface area contributed by atoms with Gasteiger partial charge in [0, 0.05) is 30.4 Å². The Kier molecular flexibility index (Phi) is 3.77. The number of fused-ring (bicyclic) bond motifs is 1. The maximum Gasteiger partial charge on any atom is 0.119 e. The average molecular weight is 270 g/mol. The number of hydrogen-bond acceptors (Lipinski definition) is 3. The Labute approximate surface area is 120 Å². The Morgan fingerprint density at radius 3 is 2.75 bits per heavy atom. The summed E-state index contributed by atoms with van der Waals surface area (Å²) in [4.78, 5) is 6.96. The number of pyridine rings is 1. The van der Waals surface area contributed by atoms with Crippen LogP contribution in [0.5, 0.6) is 5.75 Å². The van der Waals surface area contributed by atoms with E-state index in [1.807, 2.05) is 18.3 Å². The molecule has 0 N–H and O–H groups in total. The summed E-state index contributed by atoms with van der Waals surface area (Å²) < 4.78 is 5.35. The summed E-state index contributed by atoms with van der Waals surface area (Å²) in [5, 5.41) is 1.20. The van der Waals surface area contributed by atoms with Crippen molar-refractivity contribution in [3.05, 3.63) is 30.5 Å². The van der Waals surface area contributed by atoms with Gasteiger partial charge in [-0.2, -0.15) is 0 Å². The summed E-state index contributed by atoms with van der Waals surface area (Å²) in [5.41, 5.74) is 2.34. The summed E-state index contributed by atoms with van der Waals surface area (Å²) >= 11 is 0. The van der Waals surface area contributed by atoms with Gasteiger partial charge in [-0.1, -0.05) is 13.3 Å². The number of benzene rings is 1. The minimum Gasteiger partial charge on any atom is -0.497 e. The molecule has 0 bridgehead atoms. The van der Waals surface area contributed by atoms with Crippen LogP contribution in [0.3, 0.4) is 0 Å². The molecule has 0 spiro atoms. The lowest BCUT2D eigenvalue weighted by Crippen LogP contribution is -2.33. The highest BCUT2D eigenvalue weighted by molar-refractivity contribution is 5.92. The molecule has 0 amide bonds. The number of ether oxygens (including phenoxy) is 1. The molecule has 1 fully saturated rings. The van der Waals surface area contributed by atoms with Gasteiger partial charge < -0.3 is 9.64 Å². The molecule has 1 aromatic heterocycles. The van der Waals surface area contributed by atoms with Crippen LogP contribution in [-0.4, -0.2) is 25.2 Å². The van der Waals surface area contributed by atoms with Crippen molar-refractivity contribution < 1.29 is 4.74 Å². The first-order chi connectivity index (χ1) is 9.81. The van der Waals surface area contributed by atoms with Crippen molar-refractivity contribution in [1.82, 2.24) is 4.98 Å². The molecular formula is C17H22N2O. The van der Waals surface area contributed by atoms with Crippen molar-refractivity contribution in [1.29, 1.82) is 0 Å². The smallest absolute Gasteiger partial charge is 0.119 e. The van der Waals surface area contributed by atoms with Gasteiger partial charge in [0.25, 0.3) is 0 Å². The quantitative estimate of drug-likeness (QED) is 0.846. The van der Waals surface area contributed by atoms with Gasteiger partial charge in [0.2, 0.25) is 0 Å². The lowest BCUT2D eigenvalue weighted by molar-refractivity contribution is 0.395. The molecule has 20 heavy (non-hydrogen) atoms. The second kappa shape index (κ2) is 5.70. The van der Waals surface area contributed by atoms with E-state index in [-0.39, 0.29) is 0 Å². The molecule has 3 rings (SSSR count). The molecule has 0 unspecified atom stereocenters. The first kappa shape index (κ1) is 13.2. The van der Waals surface area contributed by atoms with Gasteiger partial charge in [0.15, 0.2) is 0 Å². The molecule has 2 aromatic rings. The molecule has 0 atom stereocenters. The Hall–Kier alpha value is -1.77. The highest BCUT2D eigenvalue weighted by Crippen LogP contribution is 2.31. The first-order valence-corrected chi connectivity index (χ1v) is 7.49. The molecule has 0 radical (unpaired) electrons. The van der Waals surface area contributed by atoms with Crippen molar-refractivity contribution in [2.75, 3.05) is 25.1 Å². The van der Waals surface area contributed by atoms with Crippen LogP contribution in [0, 0.1) is 5.92 Å². The molecular weight excluding hydrogens is 248 g/mol. The van der Waals surface area contributed by atoms with Crippen molar-refractivity contribution in [2.45, 2.75) is 26.2 Å². The fraction of sp³-hybridized carbons (Fsp3) is 0.471. The number of rotatable bonds is 3. The molecule has 0 saturated carbocycles. The molecule has 1 saturated heterocycles. The Morgan fingerprint density at radius 1 is 1.25 bits per heavy atom. The SMILES string of the molecule is CCC1CCN(c2ccnc3ccc(OC)cc23)CC1. The highest BCUT2D eigenvalue weighted by atomic mass is 16.5. The summed E-state index contributed by atoms with van der Waals surface area (Å²) in [7, 11) is 1.71. The Morgan fingerprint density at radius 2 is 2.05 bits per heavy atom. The molecule has 106 valence electrons. The predicted octanol–water partition coefficient (Wildman–Crippen LogP) is 3.87. The second-order valence-corrected chi connectivity index (χ2v) is 5.55. The van der Waals surface area contributed by atoms with E-state index in [0.29, 0.717) is 0 Å². The molecule has 3 heteroatoms.